The van der Waals surface area contributed by atoms with E-state index < -0.39 is 0 Å². The average Bonchev–Trinajstić information content (AvgIpc) is 2.34. The molecule has 0 aromatic heterocycles. The third-order valence-electron chi connectivity index (χ3n) is 2.01. The maximum Gasteiger partial charge on any atom is 0.255 e. The van der Waals surface area contributed by atoms with Gasteiger partial charge in [0, 0.05) is 21.8 Å². The maximum atomic E-state index is 11.3. The normalized spacial score (nSPS) is 11.1. The largest absolute Gasteiger partial charge is 0.255 e. The van der Waals surface area contributed by atoms with E-state index in [1.54, 1.807) is 31.2 Å². The zero-order chi connectivity index (χ0) is 11.8. The Morgan fingerprint density at radius 2 is 1.94 bits per heavy atom. The first-order chi connectivity index (χ1) is 7.77. The molecule has 1 rings (SSSR count). The quantitative estimate of drug-likeness (QED) is 0.431. The van der Waals surface area contributed by atoms with Gasteiger partial charge in [-0.05, 0) is 35.9 Å². The Bertz CT molecular complexity index is 419. The van der Waals surface area contributed by atoms with Gasteiger partial charge in [-0.15, -0.1) is 4.91 Å². The summed E-state index contributed by atoms with van der Waals surface area (Å²) in [7, 11) is 0. The van der Waals surface area contributed by atoms with E-state index in [4.69, 9.17) is 0 Å². The molecule has 0 radical (unpaired) electrons. The SMILES string of the molecule is CC[N+](=O)c1ccc(C=CC=CN=O)cc1. The van der Waals surface area contributed by atoms with E-state index in [2.05, 4.69) is 5.18 Å². The highest BCUT2D eigenvalue weighted by Crippen LogP contribution is 2.13. The highest BCUT2D eigenvalue weighted by molar-refractivity contribution is 5.53. The third-order valence-corrected chi connectivity index (χ3v) is 2.01. The van der Waals surface area contributed by atoms with Crippen molar-refractivity contribution in [3.63, 3.8) is 0 Å². The van der Waals surface area contributed by atoms with E-state index in [1.807, 2.05) is 18.2 Å². The first-order valence-corrected chi connectivity index (χ1v) is 4.98. The Hall–Kier alpha value is -2.10. The summed E-state index contributed by atoms with van der Waals surface area (Å²) in [6.07, 6.45) is 6.26. The molecule has 82 valence electrons. The van der Waals surface area contributed by atoms with Crippen molar-refractivity contribution in [2.24, 2.45) is 5.18 Å². The van der Waals surface area contributed by atoms with Crippen molar-refractivity contribution in [1.82, 2.24) is 0 Å². The summed E-state index contributed by atoms with van der Waals surface area (Å²) in [5.74, 6) is 0. The molecule has 0 amide bonds. The van der Waals surface area contributed by atoms with Crippen LogP contribution in [0.2, 0.25) is 0 Å². The lowest BCUT2D eigenvalue weighted by molar-refractivity contribution is -0.458. The molecular formula is C12H13N2O2+. The number of rotatable bonds is 5. The van der Waals surface area contributed by atoms with E-state index in [0.717, 1.165) is 10.3 Å². The highest BCUT2D eigenvalue weighted by atomic mass is 16.3. The number of hydrogen-bond donors (Lipinski definition) is 0. The predicted molar refractivity (Wildman–Crippen MR) is 64.2 cm³/mol. The van der Waals surface area contributed by atoms with Crippen molar-refractivity contribution in [3.8, 4) is 0 Å². The smallest absolute Gasteiger partial charge is 0.145 e. The molecule has 1 aromatic carbocycles. The highest BCUT2D eigenvalue weighted by Gasteiger charge is 2.08. The van der Waals surface area contributed by atoms with Gasteiger partial charge in [-0.25, -0.2) is 0 Å². The van der Waals surface area contributed by atoms with Gasteiger partial charge in [-0.1, -0.05) is 12.2 Å². The fourth-order valence-electron chi connectivity index (χ4n) is 1.19. The topological polar surface area (TPSA) is 49.5 Å². The first kappa shape index (κ1) is 12.0. The summed E-state index contributed by atoms with van der Waals surface area (Å²) >= 11 is 0. The summed E-state index contributed by atoms with van der Waals surface area (Å²) < 4.78 is 0.920. The Balaban J connectivity index is 2.71. The molecule has 0 N–H and O–H groups in total. The monoisotopic (exact) mass is 217 g/mol. The second kappa shape index (κ2) is 6.40. The van der Waals surface area contributed by atoms with Gasteiger partial charge in [-0.2, -0.15) is 0 Å². The van der Waals surface area contributed by atoms with Crippen LogP contribution in [0.1, 0.15) is 12.5 Å². The van der Waals surface area contributed by atoms with Crippen molar-refractivity contribution in [3.05, 3.63) is 58.0 Å². The van der Waals surface area contributed by atoms with Crippen LogP contribution in [-0.2, 0) is 0 Å². The zero-order valence-corrected chi connectivity index (χ0v) is 9.04. The maximum absolute atomic E-state index is 11.3. The van der Waals surface area contributed by atoms with Gasteiger partial charge in [0.25, 0.3) is 5.69 Å². The molecule has 0 heterocycles. The molecule has 0 aliphatic rings. The summed E-state index contributed by atoms with van der Waals surface area (Å²) in [5.41, 5.74) is 1.61. The van der Waals surface area contributed by atoms with Crippen molar-refractivity contribution < 1.29 is 4.76 Å². The van der Waals surface area contributed by atoms with Crippen molar-refractivity contribution >= 4 is 11.8 Å². The standard InChI is InChI=1S/C12H13N2O2/c1-2-14(16)12-8-6-11(7-9-12)5-3-4-10-13-15/h3-10H,2H2,1H3/q+1. The van der Waals surface area contributed by atoms with Crippen molar-refractivity contribution in [2.75, 3.05) is 6.54 Å². The van der Waals surface area contributed by atoms with Gasteiger partial charge in [0.15, 0.2) is 6.54 Å². The molecule has 1 aromatic rings. The van der Waals surface area contributed by atoms with Gasteiger partial charge in [0.2, 0.25) is 0 Å². The van der Waals surface area contributed by atoms with E-state index in [1.165, 1.54) is 6.20 Å². The van der Waals surface area contributed by atoms with E-state index in [9.17, 15) is 9.81 Å². The van der Waals surface area contributed by atoms with Crippen LogP contribution < -0.4 is 0 Å². The zero-order valence-electron chi connectivity index (χ0n) is 9.04. The fraction of sp³-hybridized carbons (Fsp3) is 0.167. The number of nitroso groups, excluding NO2 is 2. The Morgan fingerprint density at radius 1 is 1.25 bits per heavy atom. The molecule has 16 heavy (non-hydrogen) atoms. The molecule has 0 spiro atoms. The van der Waals surface area contributed by atoms with Gasteiger partial charge in [0.05, 0.1) is 6.20 Å². The van der Waals surface area contributed by atoms with Crippen LogP contribution in [0, 0.1) is 9.81 Å². The first-order valence-electron chi connectivity index (χ1n) is 4.98. The minimum Gasteiger partial charge on any atom is -0.145 e. The molecule has 0 atom stereocenters. The Morgan fingerprint density at radius 3 is 2.50 bits per heavy atom. The molecule has 0 saturated carbocycles. The molecule has 0 aliphatic carbocycles. The van der Waals surface area contributed by atoms with Crippen LogP contribution in [0.25, 0.3) is 6.08 Å². The van der Waals surface area contributed by atoms with Crippen molar-refractivity contribution in [1.29, 1.82) is 0 Å². The summed E-state index contributed by atoms with van der Waals surface area (Å²) in [4.78, 5) is 21.0. The molecule has 4 heteroatoms. The number of benzene rings is 1. The number of hydrogen-bond acceptors (Lipinski definition) is 3. The number of allylic oxidation sites excluding steroid dienone is 2. The molecule has 0 fully saturated rings. The molecule has 0 saturated heterocycles. The molecule has 0 aliphatic heterocycles. The minimum absolute atomic E-state index is 0.433. The van der Waals surface area contributed by atoms with E-state index in [0.29, 0.717) is 12.2 Å². The fourth-order valence-corrected chi connectivity index (χ4v) is 1.19. The third kappa shape index (κ3) is 3.57. The summed E-state index contributed by atoms with van der Waals surface area (Å²) in [6.45, 7) is 2.24. The van der Waals surface area contributed by atoms with Crippen LogP contribution >= 0.6 is 0 Å². The van der Waals surface area contributed by atoms with E-state index >= 15 is 0 Å². The molecular weight excluding hydrogens is 204 g/mol. The van der Waals surface area contributed by atoms with Crippen LogP contribution in [-0.4, -0.2) is 11.3 Å². The lowest BCUT2D eigenvalue weighted by Crippen LogP contribution is -1.98. The van der Waals surface area contributed by atoms with Gasteiger partial charge >= 0.3 is 0 Å². The lowest BCUT2D eigenvalue weighted by atomic mass is 10.2. The Kier molecular flexibility index (Phi) is 4.79. The van der Waals surface area contributed by atoms with Gasteiger partial charge in [-0.3, -0.25) is 0 Å². The van der Waals surface area contributed by atoms with Crippen LogP contribution in [0.4, 0.5) is 5.69 Å². The van der Waals surface area contributed by atoms with Gasteiger partial charge < -0.3 is 0 Å². The van der Waals surface area contributed by atoms with Crippen LogP contribution in [0.5, 0.6) is 0 Å². The average molecular weight is 217 g/mol. The van der Waals surface area contributed by atoms with Gasteiger partial charge in [0.1, 0.15) is 0 Å². The molecule has 0 unspecified atom stereocenters. The van der Waals surface area contributed by atoms with E-state index in [-0.39, 0.29) is 0 Å². The molecule has 0 bridgehead atoms. The second-order valence-electron chi connectivity index (χ2n) is 3.09. The van der Waals surface area contributed by atoms with Crippen molar-refractivity contribution in [2.45, 2.75) is 6.92 Å². The minimum atomic E-state index is 0.433. The Labute approximate surface area is 93.8 Å². The summed E-state index contributed by atoms with van der Waals surface area (Å²) in [6, 6.07) is 7.21. The van der Waals surface area contributed by atoms with Crippen LogP contribution in [0.3, 0.4) is 0 Å². The lowest BCUT2D eigenvalue weighted by Gasteiger charge is -1.92. The number of nitrogens with zero attached hydrogens (tertiary/aromatic N) is 2. The molecule has 4 nitrogen and oxygen atoms in total. The van der Waals surface area contributed by atoms with Crippen LogP contribution in [0.15, 0.2) is 47.8 Å². The predicted octanol–water partition coefficient (Wildman–Crippen LogP) is 3.41. The second-order valence-corrected chi connectivity index (χ2v) is 3.09. The summed E-state index contributed by atoms with van der Waals surface area (Å²) in [5, 5.41) is 2.59.